The molecule has 0 atom stereocenters. The fraction of sp³-hybridized carbons (Fsp3) is 0.214. The van der Waals surface area contributed by atoms with Crippen LogP contribution in [-0.4, -0.2) is 44.2 Å². The van der Waals surface area contributed by atoms with E-state index < -0.39 is 17.2 Å². The lowest BCUT2D eigenvalue weighted by molar-refractivity contribution is 0.0783. The fourth-order valence-electron chi connectivity index (χ4n) is 4.05. The summed E-state index contributed by atoms with van der Waals surface area (Å²) in [6.45, 7) is 0.749. The summed E-state index contributed by atoms with van der Waals surface area (Å²) in [5.41, 5.74) is 2.23. The van der Waals surface area contributed by atoms with Crippen LogP contribution in [0.15, 0.2) is 90.2 Å². The van der Waals surface area contributed by atoms with Crippen molar-refractivity contribution < 1.29 is 9.59 Å². The van der Waals surface area contributed by atoms with E-state index in [1.807, 2.05) is 66.9 Å². The number of pyridine rings is 1. The van der Waals surface area contributed by atoms with E-state index >= 15 is 0 Å². The van der Waals surface area contributed by atoms with Gasteiger partial charge in [0.25, 0.3) is 11.8 Å². The van der Waals surface area contributed by atoms with Gasteiger partial charge in [0.05, 0.1) is 5.69 Å². The van der Waals surface area contributed by atoms with Gasteiger partial charge in [-0.15, -0.1) is 0 Å². The zero-order valence-corrected chi connectivity index (χ0v) is 20.0. The number of nitrogens with zero attached hydrogens (tertiary/aromatic N) is 4. The highest BCUT2D eigenvalue weighted by atomic mass is 16.2. The van der Waals surface area contributed by atoms with Gasteiger partial charge in [-0.3, -0.25) is 14.4 Å². The quantitative estimate of drug-likeness (QED) is 0.418. The first-order chi connectivity index (χ1) is 17.5. The predicted octanol–water partition coefficient (Wildman–Crippen LogP) is 3.25. The van der Waals surface area contributed by atoms with Crippen molar-refractivity contribution in [2.24, 2.45) is 0 Å². The second kappa shape index (κ2) is 10.0. The van der Waals surface area contributed by atoms with Crippen LogP contribution in [0.3, 0.4) is 0 Å². The minimum Gasteiger partial charge on any atom is -0.349 e. The van der Waals surface area contributed by atoms with Crippen LogP contribution in [0.25, 0.3) is 5.69 Å². The van der Waals surface area contributed by atoms with Gasteiger partial charge in [-0.25, -0.2) is 4.68 Å². The molecule has 8 nitrogen and oxygen atoms in total. The van der Waals surface area contributed by atoms with Crippen LogP contribution in [0.1, 0.15) is 44.7 Å². The molecule has 0 spiro atoms. The molecule has 0 bridgehead atoms. The number of carbonyl (C=O) groups excluding carboxylic acids is 2. The highest BCUT2D eigenvalue weighted by Crippen LogP contribution is 2.19. The first kappa shape index (κ1) is 23.3. The molecule has 1 aliphatic carbocycles. The van der Waals surface area contributed by atoms with Gasteiger partial charge in [-0.05, 0) is 42.2 Å². The summed E-state index contributed by atoms with van der Waals surface area (Å²) < 4.78 is 3.49. The Morgan fingerprint density at radius 1 is 0.972 bits per heavy atom. The van der Waals surface area contributed by atoms with E-state index in [0.29, 0.717) is 13.1 Å². The van der Waals surface area contributed by atoms with E-state index in [1.54, 1.807) is 28.7 Å². The molecule has 1 saturated carbocycles. The summed E-state index contributed by atoms with van der Waals surface area (Å²) in [4.78, 5) is 41.0. The summed E-state index contributed by atoms with van der Waals surface area (Å²) in [6, 6.07) is 19.4. The SMILES string of the molecule is CN(Cc1ccc(-n2cccn2)cc1)C(=O)c1cn(Cc2ccccc2)cc(C(=O)NC2CC2)c1=O. The standard InChI is InChI=1S/C28H27N5O3/c1-31(16-21-8-12-23(13-9-21)33-15-5-14-29-33)28(36)25-19-32(17-20-6-3-2-4-7-20)18-24(26(25)34)27(35)30-22-10-11-22/h2-9,12-15,18-19,22H,10-11,16-17H2,1H3,(H,30,35). The zero-order valence-electron chi connectivity index (χ0n) is 20.0. The Hall–Kier alpha value is -4.46. The third-order valence-electron chi connectivity index (χ3n) is 6.15. The lowest BCUT2D eigenvalue weighted by atomic mass is 10.1. The molecule has 0 saturated heterocycles. The third kappa shape index (κ3) is 5.27. The van der Waals surface area contributed by atoms with E-state index in [2.05, 4.69) is 10.4 Å². The van der Waals surface area contributed by atoms with E-state index in [1.165, 1.54) is 11.1 Å². The topological polar surface area (TPSA) is 89.2 Å². The first-order valence-electron chi connectivity index (χ1n) is 11.9. The molecule has 1 aliphatic rings. The molecule has 0 unspecified atom stereocenters. The summed E-state index contributed by atoms with van der Waals surface area (Å²) in [6.07, 6.45) is 8.47. The van der Waals surface area contributed by atoms with E-state index in [-0.39, 0.29) is 17.2 Å². The van der Waals surface area contributed by atoms with Crippen molar-refractivity contribution in [2.75, 3.05) is 7.05 Å². The Morgan fingerprint density at radius 3 is 2.36 bits per heavy atom. The Balaban J connectivity index is 1.40. The van der Waals surface area contributed by atoms with Crippen molar-refractivity contribution in [3.05, 3.63) is 118 Å². The van der Waals surface area contributed by atoms with Crippen LogP contribution in [0, 0.1) is 0 Å². The Labute approximate surface area is 208 Å². The number of hydrogen-bond acceptors (Lipinski definition) is 4. The zero-order chi connectivity index (χ0) is 25.1. The van der Waals surface area contributed by atoms with Crippen molar-refractivity contribution in [2.45, 2.75) is 32.0 Å². The van der Waals surface area contributed by atoms with E-state index in [0.717, 1.165) is 29.7 Å². The summed E-state index contributed by atoms with van der Waals surface area (Å²) in [5, 5.41) is 7.09. The molecule has 1 fully saturated rings. The monoisotopic (exact) mass is 481 g/mol. The maximum Gasteiger partial charge on any atom is 0.259 e. The van der Waals surface area contributed by atoms with Gasteiger partial charge in [-0.1, -0.05) is 42.5 Å². The largest absolute Gasteiger partial charge is 0.349 e. The molecular formula is C28H27N5O3. The van der Waals surface area contributed by atoms with Crippen LogP contribution in [-0.2, 0) is 13.1 Å². The number of carbonyl (C=O) groups is 2. The number of nitrogens with one attached hydrogen (secondary N) is 1. The maximum absolute atomic E-state index is 13.4. The van der Waals surface area contributed by atoms with Crippen LogP contribution in [0.2, 0.25) is 0 Å². The fourth-order valence-corrected chi connectivity index (χ4v) is 4.05. The van der Waals surface area contributed by atoms with Crippen LogP contribution >= 0.6 is 0 Å². The molecule has 4 aromatic rings. The molecule has 0 radical (unpaired) electrons. The molecule has 182 valence electrons. The molecular weight excluding hydrogens is 454 g/mol. The molecule has 2 aromatic heterocycles. The highest BCUT2D eigenvalue weighted by Gasteiger charge is 2.27. The Kier molecular flexibility index (Phi) is 6.49. The summed E-state index contributed by atoms with van der Waals surface area (Å²) in [7, 11) is 1.65. The van der Waals surface area contributed by atoms with Crippen LogP contribution < -0.4 is 10.7 Å². The average molecular weight is 482 g/mol. The smallest absolute Gasteiger partial charge is 0.259 e. The molecule has 2 amide bonds. The molecule has 1 N–H and O–H groups in total. The van der Waals surface area contributed by atoms with Crippen molar-refractivity contribution in [3.8, 4) is 5.69 Å². The summed E-state index contributed by atoms with van der Waals surface area (Å²) >= 11 is 0. The van der Waals surface area contributed by atoms with E-state index in [4.69, 9.17) is 0 Å². The number of rotatable bonds is 8. The van der Waals surface area contributed by atoms with Gasteiger partial charge in [0, 0.05) is 51.0 Å². The number of benzene rings is 2. The lowest BCUT2D eigenvalue weighted by Crippen LogP contribution is -2.36. The predicted molar refractivity (Wildman–Crippen MR) is 136 cm³/mol. The van der Waals surface area contributed by atoms with Gasteiger partial charge in [0.15, 0.2) is 0 Å². The third-order valence-corrected chi connectivity index (χ3v) is 6.15. The molecule has 2 heterocycles. The second-order valence-corrected chi connectivity index (χ2v) is 9.10. The van der Waals surface area contributed by atoms with Crippen LogP contribution in [0.5, 0.6) is 0 Å². The number of aromatic nitrogens is 3. The summed E-state index contributed by atoms with van der Waals surface area (Å²) in [5.74, 6) is -0.866. The Morgan fingerprint density at radius 2 is 1.69 bits per heavy atom. The maximum atomic E-state index is 13.4. The molecule has 0 aliphatic heterocycles. The molecule has 2 aromatic carbocycles. The molecule has 36 heavy (non-hydrogen) atoms. The number of hydrogen-bond donors (Lipinski definition) is 1. The van der Waals surface area contributed by atoms with Gasteiger partial charge in [-0.2, -0.15) is 5.10 Å². The number of amides is 2. The first-order valence-corrected chi connectivity index (χ1v) is 11.9. The lowest BCUT2D eigenvalue weighted by Gasteiger charge is -2.19. The van der Waals surface area contributed by atoms with Gasteiger partial charge in [0.1, 0.15) is 11.1 Å². The van der Waals surface area contributed by atoms with Crippen molar-refractivity contribution >= 4 is 11.8 Å². The van der Waals surface area contributed by atoms with Gasteiger partial charge < -0.3 is 14.8 Å². The van der Waals surface area contributed by atoms with Crippen molar-refractivity contribution in [1.82, 2.24) is 24.6 Å². The minimum atomic E-state index is -0.552. The molecule has 8 heteroatoms. The van der Waals surface area contributed by atoms with Gasteiger partial charge >= 0.3 is 0 Å². The molecule has 5 rings (SSSR count). The van der Waals surface area contributed by atoms with Gasteiger partial charge in [0.2, 0.25) is 5.43 Å². The Bertz CT molecular complexity index is 1420. The second-order valence-electron chi connectivity index (χ2n) is 9.10. The normalized spacial score (nSPS) is 12.8. The van der Waals surface area contributed by atoms with Crippen LogP contribution in [0.4, 0.5) is 0 Å². The van der Waals surface area contributed by atoms with Crippen molar-refractivity contribution in [1.29, 1.82) is 0 Å². The highest BCUT2D eigenvalue weighted by molar-refractivity contribution is 5.99. The van der Waals surface area contributed by atoms with Crippen molar-refractivity contribution in [3.63, 3.8) is 0 Å². The minimum absolute atomic E-state index is 0.0133. The van der Waals surface area contributed by atoms with E-state index in [9.17, 15) is 14.4 Å². The average Bonchev–Trinajstić information content (AvgIpc) is 3.53.